The summed E-state index contributed by atoms with van der Waals surface area (Å²) < 4.78 is 0. The van der Waals surface area contributed by atoms with E-state index in [2.05, 4.69) is 11.4 Å². The number of para-hydroxylation sites is 1. The third-order valence-electron chi connectivity index (χ3n) is 2.40. The van der Waals surface area contributed by atoms with Crippen LogP contribution in [-0.2, 0) is 0 Å². The third kappa shape index (κ3) is 3.93. The molecule has 0 aliphatic heterocycles. The summed E-state index contributed by atoms with van der Waals surface area (Å²) in [4.78, 5) is 11.0. The van der Waals surface area contributed by atoms with E-state index >= 15 is 0 Å². The average Bonchev–Trinajstić information content (AvgIpc) is 2.32. The summed E-state index contributed by atoms with van der Waals surface area (Å²) in [5.74, 6) is -0.944. The molecule has 0 radical (unpaired) electrons. The molecule has 0 aliphatic carbocycles. The number of aryl methyl sites for hydroxylation is 1. The fraction of sp³-hybridized carbons (Fsp3) is 0.0714. The van der Waals surface area contributed by atoms with E-state index in [9.17, 15) is 4.79 Å². The van der Waals surface area contributed by atoms with Crippen molar-refractivity contribution in [1.29, 1.82) is 0 Å². The van der Waals surface area contributed by atoms with Gasteiger partial charge in [0, 0.05) is 0 Å². The number of benzene rings is 2. The molecule has 0 unspecified atom stereocenters. The minimum atomic E-state index is -0.944. The summed E-state index contributed by atoms with van der Waals surface area (Å²) in [6.07, 6.45) is 0. The van der Waals surface area contributed by atoms with Crippen LogP contribution in [0.5, 0.6) is 0 Å². The molecule has 18 heavy (non-hydrogen) atoms. The minimum Gasteiger partial charge on any atom is -0.478 e. The zero-order valence-corrected chi connectivity index (χ0v) is 13.5. The van der Waals surface area contributed by atoms with E-state index in [1.54, 1.807) is 24.3 Å². The summed E-state index contributed by atoms with van der Waals surface area (Å²) in [5, 5.41) is 12.1. The fourth-order valence-electron chi connectivity index (χ4n) is 1.50. The molecule has 4 heteroatoms. The molecule has 2 rings (SSSR count). The Morgan fingerprint density at radius 3 is 2.56 bits per heavy atom. The Labute approximate surface area is 149 Å². The van der Waals surface area contributed by atoms with E-state index in [4.69, 9.17) is 5.11 Å². The van der Waals surface area contributed by atoms with Gasteiger partial charge in [0.1, 0.15) is 0 Å². The summed E-state index contributed by atoms with van der Waals surface area (Å²) in [6.45, 7) is 1.98. The van der Waals surface area contributed by atoms with Gasteiger partial charge in [-0.2, -0.15) is 23.8 Å². The van der Waals surface area contributed by atoms with E-state index in [0.717, 1.165) is 11.3 Å². The van der Waals surface area contributed by atoms with Crippen molar-refractivity contribution in [3.05, 3.63) is 59.7 Å². The molecule has 0 atom stereocenters. The van der Waals surface area contributed by atoms with E-state index in [1.807, 2.05) is 25.1 Å². The molecule has 2 N–H and O–H groups in total. The monoisotopic (exact) mass is 265 g/mol. The van der Waals surface area contributed by atoms with Crippen molar-refractivity contribution < 1.29 is 61.3 Å². The van der Waals surface area contributed by atoms with Crippen LogP contribution in [0.25, 0.3) is 0 Å². The maximum absolute atomic E-state index is 11.0. The van der Waals surface area contributed by atoms with Crippen LogP contribution in [0.2, 0.25) is 0 Å². The second kappa shape index (κ2) is 7.06. The number of hydrogen-bond donors (Lipinski definition) is 2. The molecule has 0 aromatic heterocycles. The van der Waals surface area contributed by atoms with Gasteiger partial charge in [-0.05, 0) is 12.1 Å². The third-order valence-corrected chi connectivity index (χ3v) is 2.40. The van der Waals surface area contributed by atoms with Gasteiger partial charge in [-0.1, -0.05) is 24.7 Å². The molecule has 3 nitrogen and oxygen atoms in total. The number of carboxylic acids is 1. The van der Waals surface area contributed by atoms with Crippen LogP contribution >= 0.6 is 0 Å². The van der Waals surface area contributed by atoms with E-state index in [0.29, 0.717) is 5.69 Å². The quantitative estimate of drug-likeness (QED) is 0.617. The van der Waals surface area contributed by atoms with Crippen molar-refractivity contribution in [2.45, 2.75) is 6.92 Å². The summed E-state index contributed by atoms with van der Waals surface area (Å²) in [5.41, 5.74) is 2.69. The van der Waals surface area contributed by atoms with Crippen LogP contribution in [0.3, 0.4) is 0 Å². The van der Waals surface area contributed by atoms with Crippen LogP contribution in [0, 0.1) is 13.0 Å². The fourth-order valence-corrected chi connectivity index (χ4v) is 1.50. The Morgan fingerprint density at radius 1 is 1.22 bits per heavy atom. The van der Waals surface area contributed by atoms with Gasteiger partial charge in [-0.25, -0.2) is 4.79 Å². The SMILES string of the molecule is Cc1c[c-]c(Nc2ccccc2C(=O)O)cc1.[K+]. The van der Waals surface area contributed by atoms with Crippen molar-refractivity contribution >= 4 is 17.3 Å². The van der Waals surface area contributed by atoms with Gasteiger partial charge in [0.15, 0.2) is 0 Å². The molecule has 0 spiro atoms. The zero-order chi connectivity index (χ0) is 12.3. The first-order valence-electron chi connectivity index (χ1n) is 5.24. The number of hydrogen-bond acceptors (Lipinski definition) is 2. The molecule has 86 valence electrons. The van der Waals surface area contributed by atoms with Crippen molar-refractivity contribution in [2.75, 3.05) is 5.32 Å². The molecule has 2 aromatic rings. The molecular weight excluding hydrogens is 253 g/mol. The topological polar surface area (TPSA) is 49.3 Å². The number of carbonyl (C=O) groups is 1. The maximum Gasteiger partial charge on any atom is 1.00 e. The molecule has 0 aliphatic rings. The predicted molar refractivity (Wildman–Crippen MR) is 66.7 cm³/mol. The molecule has 0 bridgehead atoms. The Hall–Kier alpha value is -0.654. The number of aromatic carboxylic acids is 1. The molecular formula is C14H12KNO2. The largest absolute Gasteiger partial charge is 1.00 e. The van der Waals surface area contributed by atoms with Gasteiger partial charge in [-0.3, -0.25) is 0 Å². The van der Waals surface area contributed by atoms with Gasteiger partial charge in [-0.15, -0.1) is 6.07 Å². The molecule has 0 fully saturated rings. The van der Waals surface area contributed by atoms with Gasteiger partial charge in [0.05, 0.1) is 11.3 Å². The Balaban J connectivity index is 0.00000162. The summed E-state index contributed by atoms with van der Waals surface area (Å²) in [7, 11) is 0. The molecule has 0 saturated carbocycles. The second-order valence-corrected chi connectivity index (χ2v) is 3.76. The standard InChI is InChI=1S/C14H12NO2.K/c1-10-6-8-11(9-7-10)15-13-5-3-2-4-12(13)14(16)17;/h2-8,15H,1H3,(H,16,17);/q-1;+1. The number of rotatable bonds is 3. The smallest absolute Gasteiger partial charge is 0.478 e. The Kier molecular flexibility index (Phi) is 6.04. The van der Waals surface area contributed by atoms with Gasteiger partial charge >= 0.3 is 57.4 Å². The van der Waals surface area contributed by atoms with E-state index in [1.165, 1.54) is 0 Å². The van der Waals surface area contributed by atoms with Crippen LogP contribution < -0.4 is 56.7 Å². The average molecular weight is 265 g/mol. The van der Waals surface area contributed by atoms with E-state index in [-0.39, 0.29) is 56.9 Å². The van der Waals surface area contributed by atoms with Crippen molar-refractivity contribution in [3.8, 4) is 0 Å². The van der Waals surface area contributed by atoms with Gasteiger partial charge < -0.3 is 10.4 Å². The van der Waals surface area contributed by atoms with Crippen LogP contribution in [0.4, 0.5) is 11.4 Å². The van der Waals surface area contributed by atoms with Crippen LogP contribution in [0.1, 0.15) is 15.9 Å². The number of carboxylic acid groups (broad SMARTS) is 1. The predicted octanol–water partition coefficient (Wildman–Crippen LogP) is 0.241. The normalized spacial score (nSPS) is 9.39. The number of anilines is 2. The second-order valence-electron chi connectivity index (χ2n) is 3.76. The van der Waals surface area contributed by atoms with Crippen molar-refractivity contribution in [3.63, 3.8) is 0 Å². The maximum atomic E-state index is 11.0. The number of nitrogens with one attached hydrogen (secondary N) is 1. The van der Waals surface area contributed by atoms with E-state index < -0.39 is 5.97 Å². The van der Waals surface area contributed by atoms with Crippen LogP contribution in [0.15, 0.2) is 42.5 Å². The summed E-state index contributed by atoms with van der Waals surface area (Å²) in [6, 6.07) is 15.5. The first kappa shape index (κ1) is 15.4. The summed E-state index contributed by atoms with van der Waals surface area (Å²) >= 11 is 0. The van der Waals surface area contributed by atoms with Gasteiger partial charge in [0.2, 0.25) is 0 Å². The van der Waals surface area contributed by atoms with Gasteiger partial charge in [0.25, 0.3) is 0 Å². The van der Waals surface area contributed by atoms with Crippen molar-refractivity contribution in [2.24, 2.45) is 0 Å². The molecule has 0 saturated heterocycles. The molecule has 2 aromatic carbocycles. The first-order chi connectivity index (χ1) is 8.16. The Morgan fingerprint density at radius 2 is 1.94 bits per heavy atom. The van der Waals surface area contributed by atoms with Crippen LogP contribution in [-0.4, -0.2) is 11.1 Å². The Bertz CT molecular complexity index is 538. The zero-order valence-electron chi connectivity index (χ0n) is 10.4. The first-order valence-corrected chi connectivity index (χ1v) is 5.24. The molecule has 0 amide bonds. The minimum absolute atomic E-state index is 0. The molecule has 0 heterocycles. The van der Waals surface area contributed by atoms with Crippen molar-refractivity contribution in [1.82, 2.24) is 0 Å².